The van der Waals surface area contributed by atoms with Crippen molar-refractivity contribution in [3.05, 3.63) is 157 Å². The lowest BCUT2D eigenvalue weighted by Crippen LogP contribution is -2.15. The molecule has 2 aromatic heterocycles. The summed E-state index contributed by atoms with van der Waals surface area (Å²) in [6, 6.07) is 51.0. The summed E-state index contributed by atoms with van der Waals surface area (Å²) < 4.78 is 6.28. The van der Waals surface area contributed by atoms with Gasteiger partial charge in [-0.2, -0.15) is 0 Å². The number of furan rings is 1. The maximum atomic E-state index is 6.28. The third kappa shape index (κ3) is 4.13. The van der Waals surface area contributed by atoms with Gasteiger partial charge in [0.1, 0.15) is 11.2 Å². The van der Waals surface area contributed by atoms with Crippen molar-refractivity contribution < 1.29 is 4.42 Å². The fourth-order valence-electron chi connectivity index (χ4n) is 7.23. The molecular formula is C43H30N2O. The smallest absolute Gasteiger partial charge is 0.160 e. The van der Waals surface area contributed by atoms with E-state index < -0.39 is 0 Å². The van der Waals surface area contributed by atoms with Crippen molar-refractivity contribution >= 4 is 21.9 Å². The average Bonchev–Trinajstić information content (AvgIpc) is 3.60. The highest BCUT2D eigenvalue weighted by atomic mass is 16.3. The molecule has 1 aliphatic carbocycles. The minimum absolute atomic E-state index is 0.188. The molecule has 0 saturated heterocycles. The lowest BCUT2D eigenvalue weighted by Gasteiger charge is -2.23. The van der Waals surface area contributed by atoms with Crippen molar-refractivity contribution in [2.24, 2.45) is 0 Å². The number of benzene rings is 6. The van der Waals surface area contributed by atoms with Gasteiger partial charge in [-0.1, -0.05) is 129 Å². The monoisotopic (exact) mass is 590 g/mol. The molecule has 0 amide bonds. The van der Waals surface area contributed by atoms with Gasteiger partial charge in [0.15, 0.2) is 5.82 Å². The third-order valence-electron chi connectivity index (χ3n) is 9.47. The third-order valence-corrected chi connectivity index (χ3v) is 9.47. The highest BCUT2D eigenvalue weighted by Gasteiger charge is 2.38. The average molecular weight is 591 g/mol. The molecule has 3 heteroatoms. The Labute approximate surface area is 267 Å². The first-order valence-electron chi connectivity index (χ1n) is 15.7. The summed E-state index contributed by atoms with van der Waals surface area (Å²) in [4.78, 5) is 10.0. The summed E-state index contributed by atoms with van der Waals surface area (Å²) in [6.07, 6.45) is 0. The quantitative estimate of drug-likeness (QED) is 0.205. The van der Waals surface area contributed by atoms with Crippen molar-refractivity contribution in [3.8, 4) is 56.2 Å². The molecular weight excluding hydrogens is 560 g/mol. The number of aromatic nitrogens is 2. The van der Waals surface area contributed by atoms with E-state index in [0.29, 0.717) is 0 Å². The van der Waals surface area contributed by atoms with Crippen molar-refractivity contribution in [1.82, 2.24) is 9.97 Å². The van der Waals surface area contributed by atoms with Crippen LogP contribution in [0.3, 0.4) is 0 Å². The fourth-order valence-corrected chi connectivity index (χ4v) is 7.23. The minimum Gasteiger partial charge on any atom is -0.456 e. The van der Waals surface area contributed by atoms with E-state index in [1.54, 1.807) is 0 Å². The Balaban J connectivity index is 1.16. The molecule has 0 fully saturated rings. The van der Waals surface area contributed by atoms with Crippen LogP contribution < -0.4 is 0 Å². The molecule has 8 aromatic rings. The predicted molar refractivity (Wildman–Crippen MR) is 189 cm³/mol. The van der Waals surface area contributed by atoms with Gasteiger partial charge in [-0.05, 0) is 63.7 Å². The van der Waals surface area contributed by atoms with Crippen LogP contribution in [0, 0.1) is 0 Å². The lowest BCUT2D eigenvalue weighted by molar-refractivity contribution is 0.657. The second-order valence-electron chi connectivity index (χ2n) is 12.6. The highest BCUT2D eigenvalue weighted by molar-refractivity contribution is 6.11. The van der Waals surface area contributed by atoms with Gasteiger partial charge in [0.05, 0.1) is 11.4 Å². The topological polar surface area (TPSA) is 38.9 Å². The predicted octanol–water partition coefficient (Wildman–Crippen LogP) is 11.4. The Kier molecular flexibility index (Phi) is 5.85. The summed E-state index contributed by atoms with van der Waals surface area (Å²) in [5.41, 5.74) is 14.2. The molecule has 0 N–H and O–H groups in total. The molecule has 6 aromatic carbocycles. The molecule has 3 nitrogen and oxygen atoms in total. The summed E-state index contributed by atoms with van der Waals surface area (Å²) in [7, 11) is 0. The molecule has 2 heterocycles. The first kappa shape index (κ1) is 26.6. The maximum absolute atomic E-state index is 6.28. The highest BCUT2D eigenvalue weighted by Crippen LogP contribution is 2.53. The molecule has 0 radical (unpaired) electrons. The molecule has 0 spiro atoms. The van der Waals surface area contributed by atoms with Crippen LogP contribution >= 0.6 is 0 Å². The van der Waals surface area contributed by atoms with Crippen LogP contribution in [0.15, 0.2) is 150 Å². The van der Waals surface area contributed by atoms with Crippen LogP contribution in [0.5, 0.6) is 0 Å². The van der Waals surface area contributed by atoms with Crippen LogP contribution in [0.1, 0.15) is 25.0 Å². The molecule has 9 rings (SSSR count). The Hall–Kier alpha value is -5.80. The molecule has 0 atom stereocenters. The number of para-hydroxylation sites is 1. The summed E-state index contributed by atoms with van der Waals surface area (Å²) in [6.45, 7) is 4.69. The number of hydrogen-bond donors (Lipinski definition) is 0. The van der Waals surface area contributed by atoms with Crippen molar-refractivity contribution in [2.75, 3.05) is 0 Å². The number of rotatable bonds is 4. The van der Waals surface area contributed by atoms with Crippen molar-refractivity contribution in [1.29, 1.82) is 0 Å². The Morgan fingerprint density at radius 3 is 1.91 bits per heavy atom. The Morgan fingerprint density at radius 1 is 0.478 bits per heavy atom. The summed E-state index contributed by atoms with van der Waals surface area (Å²) >= 11 is 0. The van der Waals surface area contributed by atoms with Crippen molar-refractivity contribution in [3.63, 3.8) is 0 Å². The number of nitrogens with zero attached hydrogens (tertiary/aromatic N) is 2. The van der Waals surface area contributed by atoms with Gasteiger partial charge in [0.25, 0.3) is 0 Å². The molecule has 0 bridgehead atoms. The van der Waals surface area contributed by atoms with Gasteiger partial charge in [-0.15, -0.1) is 0 Å². The van der Waals surface area contributed by atoms with E-state index in [9.17, 15) is 0 Å². The molecule has 218 valence electrons. The molecule has 1 aliphatic rings. The first-order chi connectivity index (χ1) is 22.5. The zero-order valence-corrected chi connectivity index (χ0v) is 25.7. The fraction of sp³-hybridized carbons (Fsp3) is 0.0698. The van der Waals surface area contributed by atoms with E-state index in [0.717, 1.165) is 50.6 Å². The second kappa shape index (κ2) is 10.1. The standard InChI is InChI=1S/C43H30N2O/c1-43(2)35-25-30(20-21-32(35)33-22-23-39-40(41(33)43)34-18-9-10-19-38(34)46-39)29-16-11-17-31(24-29)37-26-36(27-12-5-3-6-13-27)44-42(45-37)28-14-7-4-8-15-28/h3-26H,1-2H3. The van der Waals surface area contributed by atoms with Gasteiger partial charge in [-0.3, -0.25) is 0 Å². The molecule has 0 saturated carbocycles. The number of fused-ring (bicyclic) bond motifs is 7. The van der Waals surface area contributed by atoms with Crippen LogP contribution in [0.2, 0.25) is 0 Å². The molecule has 0 aliphatic heterocycles. The molecule has 0 unspecified atom stereocenters. The van der Waals surface area contributed by atoms with E-state index in [4.69, 9.17) is 14.4 Å². The van der Waals surface area contributed by atoms with Crippen molar-refractivity contribution in [2.45, 2.75) is 19.3 Å². The SMILES string of the molecule is CC1(C)c2cc(-c3cccc(-c4cc(-c5ccccc5)nc(-c5ccccc5)n4)c3)ccc2-c2ccc3oc4ccccc4c3c21. The van der Waals surface area contributed by atoms with Gasteiger partial charge < -0.3 is 4.42 Å². The first-order valence-corrected chi connectivity index (χ1v) is 15.7. The van der Waals surface area contributed by atoms with E-state index in [2.05, 4.69) is 117 Å². The lowest BCUT2D eigenvalue weighted by atomic mass is 9.80. The van der Waals surface area contributed by atoms with Crippen LogP contribution in [0.4, 0.5) is 0 Å². The number of hydrogen-bond acceptors (Lipinski definition) is 3. The van der Waals surface area contributed by atoms with Gasteiger partial charge in [0.2, 0.25) is 0 Å². The van der Waals surface area contributed by atoms with Gasteiger partial charge in [0, 0.05) is 32.9 Å². The second-order valence-corrected chi connectivity index (χ2v) is 12.6. The minimum atomic E-state index is -0.188. The van der Waals surface area contributed by atoms with Gasteiger partial charge >= 0.3 is 0 Å². The summed E-state index contributed by atoms with van der Waals surface area (Å²) in [5, 5.41) is 2.41. The van der Waals surface area contributed by atoms with E-state index in [1.165, 1.54) is 38.6 Å². The maximum Gasteiger partial charge on any atom is 0.160 e. The Bertz CT molecular complexity index is 2380. The van der Waals surface area contributed by atoms with Crippen LogP contribution in [-0.4, -0.2) is 9.97 Å². The zero-order chi connectivity index (χ0) is 30.8. The van der Waals surface area contributed by atoms with E-state index in [-0.39, 0.29) is 5.41 Å². The molecule has 46 heavy (non-hydrogen) atoms. The van der Waals surface area contributed by atoms with E-state index in [1.807, 2.05) is 42.5 Å². The van der Waals surface area contributed by atoms with Crippen LogP contribution in [0.25, 0.3) is 78.1 Å². The van der Waals surface area contributed by atoms with E-state index >= 15 is 0 Å². The normalized spacial score (nSPS) is 13.2. The Morgan fingerprint density at radius 2 is 1.11 bits per heavy atom. The zero-order valence-electron chi connectivity index (χ0n) is 25.7. The summed E-state index contributed by atoms with van der Waals surface area (Å²) in [5.74, 6) is 0.720. The van der Waals surface area contributed by atoms with Crippen LogP contribution in [-0.2, 0) is 5.41 Å². The largest absolute Gasteiger partial charge is 0.456 e. The van der Waals surface area contributed by atoms with Gasteiger partial charge in [-0.25, -0.2) is 9.97 Å².